The van der Waals surface area contributed by atoms with Crippen LogP contribution in [0.1, 0.15) is 50.5 Å². The van der Waals surface area contributed by atoms with Crippen molar-refractivity contribution < 1.29 is 4.79 Å². The first kappa shape index (κ1) is 15.5. The highest BCUT2D eigenvalue weighted by Gasteiger charge is 2.21. The molecule has 0 N–H and O–H groups in total. The summed E-state index contributed by atoms with van der Waals surface area (Å²) < 4.78 is 1.88. The predicted octanol–water partition coefficient (Wildman–Crippen LogP) is 4.32. The zero-order chi connectivity index (χ0) is 15.6. The lowest BCUT2D eigenvalue weighted by Crippen LogP contribution is -2.13. The van der Waals surface area contributed by atoms with Crippen LogP contribution in [-0.2, 0) is 12.0 Å². The fourth-order valence-electron chi connectivity index (χ4n) is 2.54. The van der Waals surface area contributed by atoms with Gasteiger partial charge in [-0.25, -0.2) is 0 Å². The highest BCUT2D eigenvalue weighted by atomic mass is 16.1. The lowest BCUT2D eigenvalue weighted by Gasteiger charge is -2.22. The van der Waals surface area contributed by atoms with Crippen molar-refractivity contribution in [3.8, 4) is 11.3 Å². The normalized spacial score (nSPS) is 11.9. The smallest absolute Gasteiger partial charge is 0.153 e. The van der Waals surface area contributed by atoms with Crippen LogP contribution in [0.2, 0.25) is 0 Å². The Labute approximate surface area is 127 Å². The van der Waals surface area contributed by atoms with Crippen LogP contribution in [0, 0.1) is 5.92 Å². The molecule has 0 spiro atoms. The second kappa shape index (κ2) is 5.84. The molecule has 0 aliphatic rings. The molecule has 0 aliphatic carbocycles. The van der Waals surface area contributed by atoms with E-state index in [0.29, 0.717) is 11.5 Å². The Kier molecular flexibility index (Phi) is 4.31. The fourth-order valence-corrected chi connectivity index (χ4v) is 2.54. The van der Waals surface area contributed by atoms with Gasteiger partial charge in [0.1, 0.15) is 5.69 Å². The molecule has 0 bridgehead atoms. The van der Waals surface area contributed by atoms with E-state index in [4.69, 9.17) is 0 Å². The van der Waals surface area contributed by atoms with Crippen molar-refractivity contribution in [1.82, 2.24) is 9.78 Å². The van der Waals surface area contributed by atoms with Gasteiger partial charge in [0.05, 0.1) is 5.56 Å². The molecule has 1 aromatic heterocycles. The Morgan fingerprint density at radius 3 is 2.48 bits per heavy atom. The summed E-state index contributed by atoms with van der Waals surface area (Å²) in [6, 6.07) is 8.21. The molecule has 2 aromatic rings. The molecule has 112 valence electrons. The Bertz CT molecular complexity index is 633. The zero-order valence-corrected chi connectivity index (χ0v) is 13.6. The number of hydrogen-bond acceptors (Lipinski definition) is 2. The molecule has 0 aliphatic heterocycles. The van der Waals surface area contributed by atoms with E-state index in [1.54, 1.807) is 0 Å². The maximum Gasteiger partial charge on any atom is 0.153 e. The van der Waals surface area contributed by atoms with Crippen LogP contribution >= 0.6 is 0 Å². The summed E-state index contributed by atoms with van der Waals surface area (Å²) in [4.78, 5) is 11.4. The third-order valence-corrected chi connectivity index (χ3v) is 3.46. The highest BCUT2D eigenvalue weighted by Crippen LogP contribution is 2.33. The number of rotatable bonds is 4. The third kappa shape index (κ3) is 3.41. The number of nitrogens with zero attached hydrogens (tertiary/aromatic N) is 2. The minimum Gasteiger partial charge on any atom is -0.298 e. The molecule has 3 heteroatoms. The van der Waals surface area contributed by atoms with E-state index in [1.165, 1.54) is 5.56 Å². The fraction of sp³-hybridized carbons (Fsp3) is 0.444. The van der Waals surface area contributed by atoms with Crippen LogP contribution in [0.3, 0.4) is 0 Å². The number of aldehydes is 1. The topological polar surface area (TPSA) is 34.9 Å². The minimum atomic E-state index is 0.0125. The molecular weight excluding hydrogens is 260 g/mol. The SMILES string of the molecule is CC(C)Cn1cc(C=O)c(-c2ccccc2C(C)(C)C)n1. The molecule has 0 saturated heterocycles. The second-order valence-corrected chi connectivity index (χ2v) is 6.96. The Hall–Kier alpha value is -1.90. The van der Waals surface area contributed by atoms with Crippen LogP contribution in [0.25, 0.3) is 11.3 Å². The molecule has 2 rings (SSSR count). The molecule has 3 nitrogen and oxygen atoms in total. The lowest BCUT2D eigenvalue weighted by molar-refractivity contribution is 0.112. The van der Waals surface area contributed by atoms with Crippen molar-refractivity contribution in [3.05, 3.63) is 41.6 Å². The molecule has 0 saturated carbocycles. The van der Waals surface area contributed by atoms with Crippen LogP contribution in [0.5, 0.6) is 0 Å². The monoisotopic (exact) mass is 284 g/mol. The summed E-state index contributed by atoms with van der Waals surface area (Å²) in [6.45, 7) is 11.6. The van der Waals surface area contributed by atoms with Crippen molar-refractivity contribution in [1.29, 1.82) is 0 Å². The van der Waals surface area contributed by atoms with Crippen LogP contribution in [0.4, 0.5) is 0 Å². The van der Waals surface area contributed by atoms with Crippen molar-refractivity contribution in [2.45, 2.75) is 46.6 Å². The molecular formula is C18H24N2O. The van der Waals surface area contributed by atoms with Gasteiger partial charge in [-0.15, -0.1) is 0 Å². The van der Waals surface area contributed by atoms with Gasteiger partial charge in [-0.1, -0.05) is 58.9 Å². The maximum absolute atomic E-state index is 11.4. The molecule has 0 atom stereocenters. The molecule has 1 aromatic carbocycles. The van der Waals surface area contributed by atoms with Gasteiger partial charge in [-0.05, 0) is 16.9 Å². The van der Waals surface area contributed by atoms with Gasteiger partial charge in [-0.3, -0.25) is 9.48 Å². The van der Waals surface area contributed by atoms with Gasteiger partial charge in [0.15, 0.2) is 6.29 Å². The average molecular weight is 284 g/mol. The number of carbonyl (C=O) groups is 1. The summed E-state index contributed by atoms with van der Waals surface area (Å²) >= 11 is 0. The molecule has 0 radical (unpaired) electrons. The largest absolute Gasteiger partial charge is 0.298 e. The van der Waals surface area contributed by atoms with Crippen molar-refractivity contribution in [2.75, 3.05) is 0 Å². The maximum atomic E-state index is 11.4. The summed E-state index contributed by atoms with van der Waals surface area (Å²) in [7, 11) is 0. The van der Waals surface area contributed by atoms with E-state index < -0.39 is 0 Å². The first-order chi connectivity index (χ1) is 9.82. The zero-order valence-electron chi connectivity index (χ0n) is 13.6. The van der Waals surface area contributed by atoms with Gasteiger partial charge in [0, 0.05) is 18.3 Å². The summed E-state index contributed by atoms with van der Waals surface area (Å²) in [5.41, 5.74) is 3.72. The van der Waals surface area contributed by atoms with Crippen LogP contribution in [0.15, 0.2) is 30.5 Å². The third-order valence-electron chi connectivity index (χ3n) is 3.46. The minimum absolute atomic E-state index is 0.0125. The molecule has 21 heavy (non-hydrogen) atoms. The molecule has 0 fully saturated rings. The van der Waals surface area contributed by atoms with Crippen LogP contribution < -0.4 is 0 Å². The van der Waals surface area contributed by atoms with E-state index in [-0.39, 0.29) is 5.41 Å². The van der Waals surface area contributed by atoms with Gasteiger partial charge in [-0.2, -0.15) is 5.10 Å². The lowest BCUT2D eigenvalue weighted by atomic mass is 9.82. The second-order valence-electron chi connectivity index (χ2n) is 6.96. The van der Waals surface area contributed by atoms with Gasteiger partial charge < -0.3 is 0 Å². The number of benzene rings is 1. The van der Waals surface area contributed by atoms with Crippen molar-refractivity contribution in [2.24, 2.45) is 5.92 Å². The first-order valence-corrected chi connectivity index (χ1v) is 7.45. The van der Waals surface area contributed by atoms with E-state index in [2.05, 4.69) is 51.9 Å². The molecule has 0 amide bonds. The predicted molar refractivity (Wildman–Crippen MR) is 86.6 cm³/mol. The Morgan fingerprint density at radius 1 is 1.24 bits per heavy atom. The van der Waals surface area contributed by atoms with Gasteiger partial charge in [0.2, 0.25) is 0 Å². The average Bonchev–Trinajstić information content (AvgIpc) is 2.79. The van der Waals surface area contributed by atoms with E-state index >= 15 is 0 Å². The van der Waals surface area contributed by atoms with Crippen molar-refractivity contribution >= 4 is 6.29 Å². The summed E-state index contributed by atoms with van der Waals surface area (Å²) in [6.07, 6.45) is 2.75. The highest BCUT2D eigenvalue weighted by molar-refractivity contribution is 5.86. The molecule has 0 unspecified atom stereocenters. The van der Waals surface area contributed by atoms with Crippen molar-refractivity contribution in [3.63, 3.8) is 0 Å². The van der Waals surface area contributed by atoms with E-state index in [0.717, 1.165) is 24.1 Å². The number of carbonyl (C=O) groups excluding carboxylic acids is 1. The first-order valence-electron chi connectivity index (χ1n) is 7.45. The number of hydrogen-bond donors (Lipinski definition) is 0. The quantitative estimate of drug-likeness (QED) is 0.784. The standard InChI is InChI=1S/C18H24N2O/c1-13(2)10-20-11-14(12-21)17(19-20)15-8-6-7-9-16(15)18(3,4)5/h6-9,11-13H,10H2,1-5H3. The van der Waals surface area contributed by atoms with Gasteiger partial charge in [0.25, 0.3) is 0 Å². The number of aromatic nitrogens is 2. The van der Waals surface area contributed by atoms with E-state index in [9.17, 15) is 4.79 Å². The Morgan fingerprint density at radius 2 is 1.90 bits per heavy atom. The van der Waals surface area contributed by atoms with Crippen LogP contribution in [-0.4, -0.2) is 16.1 Å². The van der Waals surface area contributed by atoms with Gasteiger partial charge >= 0.3 is 0 Å². The Balaban J connectivity index is 2.56. The molecule has 1 heterocycles. The van der Waals surface area contributed by atoms with E-state index in [1.807, 2.05) is 23.0 Å². The summed E-state index contributed by atoms with van der Waals surface area (Å²) in [5.74, 6) is 0.495. The summed E-state index contributed by atoms with van der Waals surface area (Å²) in [5, 5.41) is 4.65.